The Labute approximate surface area is 108 Å². The van der Waals surface area contributed by atoms with Gasteiger partial charge in [0.15, 0.2) is 11.5 Å². The standard InChI is InChI=1S/C13H19ClO3/c1-8(2)11(14)9-6-7-10(15-3)13(17-5)12(9)16-4/h6-8,11H,1-5H3. The Bertz CT molecular complexity index is 377. The quantitative estimate of drug-likeness (QED) is 0.755. The van der Waals surface area contributed by atoms with Gasteiger partial charge in [0, 0.05) is 5.56 Å². The lowest BCUT2D eigenvalue weighted by Gasteiger charge is -2.20. The van der Waals surface area contributed by atoms with E-state index in [1.54, 1.807) is 21.3 Å². The summed E-state index contributed by atoms with van der Waals surface area (Å²) in [5.74, 6) is 2.17. The van der Waals surface area contributed by atoms with Gasteiger partial charge in [0.25, 0.3) is 0 Å². The molecule has 0 spiro atoms. The second-order valence-corrected chi connectivity index (χ2v) is 4.54. The highest BCUT2D eigenvalue weighted by Gasteiger charge is 2.22. The van der Waals surface area contributed by atoms with Gasteiger partial charge in [0.1, 0.15) is 0 Å². The first kappa shape index (κ1) is 14.0. The molecule has 0 aliphatic heterocycles. The van der Waals surface area contributed by atoms with E-state index in [2.05, 4.69) is 13.8 Å². The van der Waals surface area contributed by atoms with Crippen LogP contribution in [0.2, 0.25) is 0 Å². The summed E-state index contributed by atoms with van der Waals surface area (Å²) >= 11 is 6.37. The average Bonchev–Trinajstić information content (AvgIpc) is 2.35. The van der Waals surface area contributed by atoms with Gasteiger partial charge in [-0.3, -0.25) is 0 Å². The first-order valence-corrected chi connectivity index (χ1v) is 5.93. The summed E-state index contributed by atoms with van der Waals surface area (Å²) in [5, 5.41) is -0.121. The molecule has 0 saturated carbocycles. The fraction of sp³-hybridized carbons (Fsp3) is 0.538. The summed E-state index contributed by atoms with van der Waals surface area (Å²) in [5.41, 5.74) is 0.918. The molecule has 0 amide bonds. The molecule has 1 aromatic carbocycles. The fourth-order valence-electron chi connectivity index (χ4n) is 1.70. The van der Waals surface area contributed by atoms with Gasteiger partial charge in [-0.05, 0) is 18.1 Å². The van der Waals surface area contributed by atoms with Crippen LogP contribution in [-0.2, 0) is 0 Å². The molecule has 0 aliphatic rings. The number of ether oxygens (including phenoxy) is 3. The zero-order valence-corrected chi connectivity index (χ0v) is 11.7. The van der Waals surface area contributed by atoms with E-state index in [0.717, 1.165) is 5.56 Å². The maximum atomic E-state index is 6.37. The highest BCUT2D eigenvalue weighted by molar-refractivity contribution is 6.21. The second kappa shape index (κ2) is 6.01. The Morgan fingerprint density at radius 3 is 1.94 bits per heavy atom. The van der Waals surface area contributed by atoms with Crippen LogP contribution in [0.1, 0.15) is 24.8 Å². The van der Waals surface area contributed by atoms with Crippen molar-refractivity contribution in [3.05, 3.63) is 17.7 Å². The molecule has 0 N–H and O–H groups in total. The zero-order chi connectivity index (χ0) is 13.0. The van der Waals surface area contributed by atoms with Gasteiger partial charge in [0.2, 0.25) is 5.75 Å². The van der Waals surface area contributed by atoms with E-state index in [0.29, 0.717) is 23.2 Å². The van der Waals surface area contributed by atoms with Crippen molar-refractivity contribution < 1.29 is 14.2 Å². The van der Waals surface area contributed by atoms with Crippen LogP contribution in [0, 0.1) is 5.92 Å². The minimum Gasteiger partial charge on any atom is -0.493 e. The lowest BCUT2D eigenvalue weighted by atomic mass is 10.0. The molecule has 0 heterocycles. The molecule has 1 rings (SSSR count). The minimum absolute atomic E-state index is 0.121. The van der Waals surface area contributed by atoms with Crippen molar-refractivity contribution >= 4 is 11.6 Å². The minimum atomic E-state index is -0.121. The van der Waals surface area contributed by atoms with E-state index in [-0.39, 0.29) is 5.38 Å². The average molecular weight is 259 g/mol. The summed E-state index contributed by atoms with van der Waals surface area (Å²) < 4.78 is 15.9. The SMILES string of the molecule is COc1ccc(C(Cl)C(C)C)c(OC)c1OC. The highest BCUT2D eigenvalue weighted by atomic mass is 35.5. The number of halogens is 1. The third kappa shape index (κ3) is 2.78. The predicted octanol–water partition coefficient (Wildman–Crippen LogP) is 3.65. The molecule has 1 aromatic rings. The van der Waals surface area contributed by atoms with Crippen molar-refractivity contribution in [2.45, 2.75) is 19.2 Å². The lowest BCUT2D eigenvalue weighted by molar-refractivity contribution is 0.321. The van der Waals surface area contributed by atoms with E-state index in [1.165, 1.54) is 0 Å². The van der Waals surface area contributed by atoms with Crippen molar-refractivity contribution in [1.82, 2.24) is 0 Å². The third-order valence-electron chi connectivity index (χ3n) is 2.62. The molecule has 0 fully saturated rings. The van der Waals surface area contributed by atoms with E-state index in [1.807, 2.05) is 12.1 Å². The van der Waals surface area contributed by atoms with Gasteiger partial charge in [-0.2, -0.15) is 0 Å². The summed E-state index contributed by atoms with van der Waals surface area (Å²) in [6, 6.07) is 3.76. The summed E-state index contributed by atoms with van der Waals surface area (Å²) in [6.45, 7) is 4.13. The van der Waals surface area contributed by atoms with Crippen LogP contribution in [0.5, 0.6) is 17.2 Å². The molecule has 0 aliphatic carbocycles. The highest BCUT2D eigenvalue weighted by Crippen LogP contribution is 2.45. The van der Waals surface area contributed by atoms with Crippen molar-refractivity contribution in [2.75, 3.05) is 21.3 Å². The van der Waals surface area contributed by atoms with Crippen LogP contribution in [0.4, 0.5) is 0 Å². The first-order valence-electron chi connectivity index (χ1n) is 5.49. The summed E-state index contributed by atoms with van der Waals surface area (Å²) in [4.78, 5) is 0. The van der Waals surface area contributed by atoms with E-state index < -0.39 is 0 Å². The van der Waals surface area contributed by atoms with Crippen LogP contribution < -0.4 is 14.2 Å². The number of benzene rings is 1. The second-order valence-electron chi connectivity index (χ2n) is 4.07. The molecule has 1 unspecified atom stereocenters. The smallest absolute Gasteiger partial charge is 0.203 e. The molecule has 0 radical (unpaired) electrons. The molecule has 0 aromatic heterocycles. The van der Waals surface area contributed by atoms with Crippen molar-refractivity contribution in [3.8, 4) is 17.2 Å². The maximum Gasteiger partial charge on any atom is 0.203 e. The largest absolute Gasteiger partial charge is 0.493 e. The number of methoxy groups -OCH3 is 3. The van der Waals surface area contributed by atoms with Gasteiger partial charge in [-0.15, -0.1) is 11.6 Å². The topological polar surface area (TPSA) is 27.7 Å². The maximum absolute atomic E-state index is 6.37. The van der Waals surface area contributed by atoms with Gasteiger partial charge in [-0.1, -0.05) is 13.8 Å². The van der Waals surface area contributed by atoms with Crippen LogP contribution in [0.15, 0.2) is 12.1 Å². The fourth-order valence-corrected chi connectivity index (χ4v) is 1.87. The monoisotopic (exact) mass is 258 g/mol. The molecule has 1 atom stereocenters. The Morgan fingerprint density at radius 1 is 0.941 bits per heavy atom. The number of hydrogen-bond donors (Lipinski definition) is 0. The number of alkyl halides is 1. The number of rotatable bonds is 5. The Morgan fingerprint density at radius 2 is 1.53 bits per heavy atom. The lowest BCUT2D eigenvalue weighted by Crippen LogP contribution is -2.04. The van der Waals surface area contributed by atoms with Crippen molar-refractivity contribution in [3.63, 3.8) is 0 Å². The molecular weight excluding hydrogens is 240 g/mol. The van der Waals surface area contributed by atoms with Gasteiger partial charge in [-0.25, -0.2) is 0 Å². The molecule has 96 valence electrons. The Hall–Kier alpha value is -1.09. The van der Waals surface area contributed by atoms with Crippen LogP contribution >= 0.6 is 11.6 Å². The number of hydrogen-bond acceptors (Lipinski definition) is 3. The molecule has 0 bridgehead atoms. The van der Waals surface area contributed by atoms with Crippen molar-refractivity contribution in [1.29, 1.82) is 0 Å². The van der Waals surface area contributed by atoms with Gasteiger partial charge >= 0.3 is 0 Å². The molecule has 0 saturated heterocycles. The summed E-state index contributed by atoms with van der Waals surface area (Å²) in [7, 11) is 4.78. The molecule has 17 heavy (non-hydrogen) atoms. The van der Waals surface area contributed by atoms with Crippen LogP contribution in [0.3, 0.4) is 0 Å². The normalized spacial score (nSPS) is 12.4. The van der Waals surface area contributed by atoms with Gasteiger partial charge < -0.3 is 14.2 Å². The van der Waals surface area contributed by atoms with E-state index in [9.17, 15) is 0 Å². The Kier molecular flexibility index (Phi) is 4.94. The summed E-state index contributed by atoms with van der Waals surface area (Å²) in [6.07, 6.45) is 0. The zero-order valence-electron chi connectivity index (χ0n) is 10.9. The van der Waals surface area contributed by atoms with E-state index in [4.69, 9.17) is 25.8 Å². The third-order valence-corrected chi connectivity index (χ3v) is 3.36. The predicted molar refractivity (Wildman–Crippen MR) is 69.5 cm³/mol. The van der Waals surface area contributed by atoms with Crippen molar-refractivity contribution in [2.24, 2.45) is 5.92 Å². The molecular formula is C13H19ClO3. The first-order chi connectivity index (χ1) is 8.06. The van der Waals surface area contributed by atoms with Gasteiger partial charge in [0.05, 0.1) is 26.7 Å². The molecule has 4 heteroatoms. The molecule has 3 nitrogen and oxygen atoms in total. The van der Waals surface area contributed by atoms with Crippen LogP contribution in [0.25, 0.3) is 0 Å². The van der Waals surface area contributed by atoms with Crippen LogP contribution in [-0.4, -0.2) is 21.3 Å². The Balaban J connectivity index is 3.32. The van der Waals surface area contributed by atoms with E-state index >= 15 is 0 Å².